The Balaban J connectivity index is 1.79. The average molecular weight is 411 g/mol. The predicted molar refractivity (Wildman–Crippen MR) is 115 cm³/mol. The van der Waals surface area contributed by atoms with Gasteiger partial charge in [0.05, 0.1) is 13.7 Å². The van der Waals surface area contributed by atoms with Crippen LogP contribution in [0.2, 0.25) is 0 Å². The van der Waals surface area contributed by atoms with E-state index in [4.69, 9.17) is 4.74 Å². The second-order valence-corrected chi connectivity index (χ2v) is 7.80. The second kappa shape index (κ2) is 8.86. The lowest BCUT2D eigenvalue weighted by atomic mass is 10.0. The topological polar surface area (TPSA) is 68.6 Å². The van der Waals surface area contributed by atoms with E-state index in [0.717, 1.165) is 12.1 Å². The van der Waals surface area contributed by atoms with Crippen molar-refractivity contribution in [1.82, 2.24) is 9.47 Å². The molecule has 3 rings (SSSR count). The Kier molecular flexibility index (Phi) is 6.44. The maximum Gasteiger partial charge on any atom is 0.354 e. The number of aromatic nitrogens is 1. The van der Waals surface area contributed by atoms with Gasteiger partial charge in [-0.1, -0.05) is 30.3 Å². The summed E-state index contributed by atoms with van der Waals surface area (Å²) in [5.41, 5.74) is 3.44. The van der Waals surface area contributed by atoms with Gasteiger partial charge in [-0.2, -0.15) is 0 Å². The number of methoxy groups -OCH3 is 1. The van der Waals surface area contributed by atoms with Crippen LogP contribution in [0, 0.1) is 19.8 Å². The Hall–Kier alpha value is -2.89. The quantitative estimate of drug-likeness (QED) is 0.491. The van der Waals surface area contributed by atoms with E-state index in [-0.39, 0.29) is 30.1 Å². The van der Waals surface area contributed by atoms with E-state index >= 15 is 0 Å². The molecule has 30 heavy (non-hydrogen) atoms. The van der Waals surface area contributed by atoms with Crippen molar-refractivity contribution in [2.24, 2.45) is 5.92 Å². The van der Waals surface area contributed by atoms with Crippen LogP contribution in [0.25, 0.3) is 0 Å². The molecule has 0 aliphatic heterocycles. The van der Waals surface area contributed by atoms with Crippen molar-refractivity contribution in [3.05, 3.63) is 58.4 Å². The highest BCUT2D eigenvalue weighted by Gasteiger charge is 2.45. The van der Waals surface area contributed by atoms with Crippen molar-refractivity contribution in [1.29, 1.82) is 0 Å². The van der Waals surface area contributed by atoms with Crippen LogP contribution in [0.3, 0.4) is 0 Å². The zero-order valence-electron chi connectivity index (χ0n) is 18.4. The average Bonchev–Trinajstić information content (AvgIpc) is 3.51. The monoisotopic (exact) mass is 410 g/mol. The van der Waals surface area contributed by atoms with Crippen LogP contribution in [0.5, 0.6) is 0 Å². The number of likely N-dealkylation sites (N-methyl/N-ethyl adjacent to an activating group) is 1. The lowest BCUT2D eigenvalue weighted by Crippen LogP contribution is -2.37. The summed E-state index contributed by atoms with van der Waals surface area (Å²) >= 11 is 0. The van der Waals surface area contributed by atoms with E-state index in [1.807, 2.05) is 51.1 Å². The zero-order chi connectivity index (χ0) is 22.0. The Labute approximate surface area is 177 Å². The predicted octanol–water partition coefficient (Wildman–Crippen LogP) is 3.75. The minimum absolute atomic E-state index is 0.0172. The summed E-state index contributed by atoms with van der Waals surface area (Å²) in [4.78, 5) is 40.1. The highest BCUT2D eigenvalue weighted by atomic mass is 16.5. The number of amides is 1. The number of carbonyl (C=O) groups is 3. The van der Waals surface area contributed by atoms with Gasteiger partial charge in [0, 0.05) is 30.3 Å². The summed E-state index contributed by atoms with van der Waals surface area (Å²) < 4.78 is 6.71. The van der Waals surface area contributed by atoms with Crippen molar-refractivity contribution < 1.29 is 19.1 Å². The standard InChI is InChI=1S/C24H30N2O4/c1-6-25(23(28)19-13-18(19)17-11-9-8-10-12-17)14-20(27)21-15(3)22(24(29)30-5)26(7-2)16(21)4/h8-12,18-19H,6-7,13-14H2,1-5H3/t18-,19-/m0/s1. The first-order chi connectivity index (χ1) is 14.3. The molecule has 1 aliphatic rings. The van der Waals surface area contributed by atoms with Crippen molar-refractivity contribution >= 4 is 17.7 Å². The molecular weight excluding hydrogens is 380 g/mol. The van der Waals surface area contributed by atoms with Crippen LogP contribution in [-0.4, -0.2) is 47.3 Å². The van der Waals surface area contributed by atoms with Gasteiger partial charge in [-0.3, -0.25) is 9.59 Å². The number of esters is 1. The summed E-state index contributed by atoms with van der Waals surface area (Å²) in [6, 6.07) is 10.0. The zero-order valence-corrected chi connectivity index (χ0v) is 18.4. The third-order valence-corrected chi connectivity index (χ3v) is 6.10. The van der Waals surface area contributed by atoms with Gasteiger partial charge in [-0.25, -0.2) is 4.79 Å². The number of hydrogen-bond acceptors (Lipinski definition) is 4. The van der Waals surface area contributed by atoms with Crippen molar-refractivity contribution in [2.45, 2.75) is 46.6 Å². The molecule has 0 radical (unpaired) electrons. The first kappa shape index (κ1) is 21.8. The number of nitrogens with zero attached hydrogens (tertiary/aromatic N) is 2. The van der Waals surface area contributed by atoms with Gasteiger partial charge in [-0.15, -0.1) is 0 Å². The molecule has 1 fully saturated rings. The molecule has 1 aromatic carbocycles. The summed E-state index contributed by atoms with van der Waals surface area (Å²) in [5, 5.41) is 0. The number of ether oxygens (including phenoxy) is 1. The molecule has 2 atom stereocenters. The maximum atomic E-state index is 13.2. The molecule has 0 saturated heterocycles. The lowest BCUT2D eigenvalue weighted by Gasteiger charge is -2.20. The fourth-order valence-corrected chi connectivity index (χ4v) is 4.43. The number of Topliss-reactive ketones (excluding diaryl/α,β-unsaturated/α-hetero) is 1. The van der Waals surface area contributed by atoms with Gasteiger partial charge in [-0.05, 0) is 51.2 Å². The fraction of sp³-hybridized carbons (Fsp3) is 0.458. The Bertz CT molecular complexity index is 961. The minimum atomic E-state index is -0.455. The number of ketones is 1. The second-order valence-electron chi connectivity index (χ2n) is 7.80. The van der Waals surface area contributed by atoms with E-state index < -0.39 is 5.97 Å². The molecule has 0 N–H and O–H groups in total. The maximum absolute atomic E-state index is 13.2. The molecule has 2 aromatic rings. The van der Waals surface area contributed by atoms with Crippen LogP contribution in [0.15, 0.2) is 30.3 Å². The first-order valence-electron chi connectivity index (χ1n) is 10.5. The fourth-order valence-electron chi connectivity index (χ4n) is 4.43. The molecule has 1 saturated carbocycles. The molecule has 0 unspecified atom stereocenters. The molecule has 1 heterocycles. The number of rotatable bonds is 8. The smallest absolute Gasteiger partial charge is 0.354 e. The van der Waals surface area contributed by atoms with E-state index in [0.29, 0.717) is 29.9 Å². The lowest BCUT2D eigenvalue weighted by molar-refractivity contribution is -0.132. The molecule has 6 heteroatoms. The van der Waals surface area contributed by atoms with E-state index in [2.05, 4.69) is 0 Å². The summed E-state index contributed by atoms with van der Waals surface area (Å²) in [5.74, 6) is -0.400. The number of hydrogen-bond donors (Lipinski definition) is 0. The van der Waals surface area contributed by atoms with E-state index in [1.54, 1.807) is 16.4 Å². The Morgan fingerprint density at radius 3 is 2.37 bits per heavy atom. The van der Waals surface area contributed by atoms with Crippen LogP contribution < -0.4 is 0 Å². The third kappa shape index (κ3) is 3.91. The summed E-state index contributed by atoms with van der Waals surface area (Å²) in [6.45, 7) is 8.46. The van der Waals surface area contributed by atoms with Gasteiger partial charge in [0.2, 0.25) is 5.91 Å². The molecule has 1 aliphatic carbocycles. The van der Waals surface area contributed by atoms with Crippen molar-refractivity contribution in [3.8, 4) is 0 Å². The first-order valence-corrected chi connectivity index (χ1v) is 10.5. The molecule has 6 nitrogen and oxygen atoms in total. The van der Waals surface area contributed by atoms with Gasteiger partial charge in [0.15, 0.2) is 5.78 Å². The van der Waals surface area contributed by atoms with Gasteiger partial charge >= 0.3 is 5.97 Å². The van der Waals surface area contributed by atoms with Gasteiger partial charge < -0.3 is 14.2 Å². The molecular formula is C24H30N2O4. The van der Waals surface area contributed by atoms with Crippen LogP contribution in [0.4, 0.5) is 0 Å². The summed E-state index contributed by atoms with van der Waals surface area (Å²) in [7, 11) is 1.34. The van der Waals surface area contributed by atoms with E-state index in [1.165, 1.54) is 12.7 Å². The summed E-state index contributed by atoms with van der Waals surface area (Å²) in [6.07, 6.45) is 0.824. The van der Waals surface area contributed by atoms with Crippen molar-refractivity contribution in [2.75, 3.05) is 20.2 Å². The molecule has 160 valence electrons. The van der Waals surface area contributed by atoms with Gasteiger partial charge in [0.1, 0.15) is 5.69 Å². The van der Waals surface area contributed by atoms with Crippen LogP contribution in [-0.2, 0) is 16.1 Å². The minimum Gasteiger partial charge on any atom is -0.464 e. The van der Waals surface area contributed by atoms with Crippen molar-refractivity contribution in [3.63, 3.8) is 0 Å². The van der Waals surface area contributed by atoms with Crippen LogP contribution >= 0.6 is 0 Å². The van der Waals surface area contributed by atoms with E-state index in [9.17, 15) is 14.4 Å². The molecule has 1 aromatic heterocycles. The van der Waals surface area contributed by atoms with Crippen LogP contribution in [0.1, 0.15) is 63.9 Å². The molecule has 0 spiro atoms. The Morgan fingerprint density at radius 2 is 1.80 bits per heavy atom. The number of carbonyl (C=O) groups excluding carboxylic acids is 3. The highest BCUT2D eigenvalue weighted by molar-refractivity contribution is 6.05. The third-order valence-electron chi connectivity index (χ3n) is 6.10. The number of benzene rings is 1. The largest absolute Gasteiger partial charge is 0.464 e. The molecule has 1 amide bonds. The van der Waals surface area contributed by atoms with Gasteiger partial charge in [0.25, 0.3) is 0 Å². The SMILES string of the molecule is CCN(CC(=O)c1c(C)c(C(=O)OC)n(CC)c1C)C(=O)[C@H]1C[C@H]1c1ccccc1. The Morgan fingerprint density at radius 1 is 1.13 bits per heavy atom. The highest BCUT2D eigenvalue weighted by Crippen LogP contribution is 2.48. The molecule has 0 bridgehead atoms. The normalized spacial score (nSPS) is 17.5.